The van der Waals surface area contributed by atoms with E-state index in [0.717, 1.165) is 29.5 Å². The second kappa shape index (κ2) is 9.12. The van der Waals surface area contributed by atoms with Crippen LogP contribution in [-0.4, -0.2) is 30.9 Å². The van der Waals surface area contributed by atoms with E-state index in [1.165, 1.54) is 6.92 Å². The van der Waals surface area contributed by atoms with E-state index in [2.05, 4.69) is 31.9 Å². The fourth-order valence-corrected chi connectivity index (χ4v) is 2.71. The standard InChI is InChI=1S/C15H20BrN3O2.ClH/c1-10(20)18-14(11-2-4-12(16)5-3-11)8-15(21)19-13-6-7-17-9-13;/h2-5,13-14,17H,6-9H2,1H3,(H,18,20)(H,19,21);1H. The van der Waals surface area contributed by atoms with Crippen LogP contribution in [0.5, 0.6) is 0 Å². The molecule has 0 aliphatic carbocycles. The molecule has 122 valence electrons. The predicted molar refractivity (Wildman–Crippen MR) is 92.0 cm³/mol. The van der Waals surface area contributed by atoms with Crippen molar-refractivity contribution in [1.29, 1.82) is 0 Å². The molecule has 1 fully saturated rings. The third-order valence-corrected chi connectivity index (χ3v) is 3.99. The van der Waals surface area contributed by atoms with Crippen molar-refractivity contribution in [3.05, 3.63) is 34.3 Å². The van der Waals surface area contributed by atoms with Gasteiger partial charge < -0.3 is 16.0 Å². The van der Waals surface area contributed by atoms with Gasteiger partial charge in [0.1, 0.15) is 0 Å². The highest BCUT2D eigenvalue weighted by molar-refractivity contribution is 9.10. The summed E-state index contributed by atoms with van der Waals surface area (Å²) < 4.78 is 0.967. The molecule has 1 saturated heterocycles. The summed E-state index contributed by atoms with van der Waals surface area (Å²) >= 11 is 3.38. The minimum Gasteiger partial charge on any atom is -0.352 e. The van der Waals surface area contributed by atoms with Crippen LogP contribution in [-0.2, 0) is 9.59 Å². The van der Waals surface area contributed by atoms with E-state index in [1.54, 1.807) is 0 Å². The van der Waals surface area contributed by atoms with Crippen molar-refractivity contribution < 1.29 is 9.59 Å². The summed E-state index contributed by atoms with van der Waals surface area (Å²) in [5.74, 6) is -0.177. The van der Waals surface area contributed by atoms with Gasteiger partial charge in [-0.25, -0.2) is 0 Å². The molecule has 0 saturated carbocycles. The van der Waals surface area contributed by atoms with E-state index in [1.807, 2.05) is 24.3 Å². The first-order valence-corrected chi connectivity index (χ1v) is 7.86. The molecule has 0 aromatic heterocycles. The summed E-state index contributed by atoms with van der Waals surface area (Å²) in [5, 5.41) is 9.05. The van der Waals surface area contributed by atoms with Crippen LogP contribution in [0.15, 0.2) is 28.7 Å². The minimum atomic E-state index is -0.301. The Morgan fingerprint density at radius 3 is 2.59 bits per heavy atom. The number of nitrogens with one attached hydrogen (secondary N) is 3. The number of hydrogen-bond donors (Lipinski definition) is 3. The SMILES string of the molecule is CC(=O)NC(CC(=O)NC1CCNC1)c1ccc(Br)cc1.Cl. The molecule has 3 N–H and O–H groups in total. The first kappa shape index (κ1) is 18.9. The third kappa shape index (κ3) is 5.94. The highest BCUT2D eigenvalue weighted by Gasteiger charge is 2.21. The number of halogens is 2. The normalized spacial score (nSPS) is 18.2. The number of benzene rings is 1. The van der Waals surface area contributed by atoms with Crippen LogP contribution in [0, 0.1) is 0 Å². The lowest BCUT2D eigenvalue weighted by Gasteiger charge is -2.19. The highest BCUT2D eigenvalue weighted by atomic mass is 79.9. The summed E-state index contributed by atoms with van der Waals surface area (Å²) in [5.41, 5.74) is 0.924. The lowest BCUT2D eigenvalue weighted by Crippen LogP contribution is -2.39. The molecular formula is C15H21BrClN3O2. The van der Waals surface area contributed by atoms with E-state index in [-0.39, 0.29) is 42.7 Å². The van der Waals surface area contributed by atoms with Crippen LogP contribution in [0.1, 0.15) is 31.4 Å². The second-order valence-corrected chi connectivity index (χ2v) is 6.18. The number of hydrogen-bond acceptors (Lipinski definition) is 3. The molecule has 1 aliphatic rings. The number of carbonyl (C=O) groups excluding carboxylic acids is 2. The summed E-state index contributed by atoms with van der Waals surface area (Å²) in [4.78, 5) is 23.5. The zero-order chi connectivity index (χ0) is 15.2. The van der Waals surface area contributed by atoms with Gasteiger partial charge in [0.05, 0.1) is 12.5 Å². The number of carbonyl (C=O) groups is 2. The van der Waals surface area contributed by atoms with Crippen molar-refractivity contribution >= 4 is 40.2 Å². The van der Waals surface area contributed by atoms with Crippen LogP contribution in [0.25, 0.3) is 0 Å². The molecule has 0 bridgehead atoms. The highest BCUT2D eigenvalue weighted by Crippen LogP contribution is 2.20. The van der Waals surface area contributed by atoms with Gasteiger partial charge in [-0.05, 0) is 30.7 Å². The summed E-state index contributed by atoms with van der Waals surface area (Å²) in [6.07, 6.45) is 1.20. The smallest absolute Gasteiger partial charge is 0.222 e. The van der Waals surface area contributed by atoms with Crippen molar-refractivity contribution in [3.63, 3.8) is 0 Å². The van der Waals surface area contributed by atoms with E-state index in [9.17, 15) is 9.59 Å². The Labute approximate surface area is 145 Å². The van der Waals surface area contributed by atoms with E-state index >= 15 is 0 Å². The Balaban J connectivity index is 0.00000242. The third-order valence-electron chi connectivity index (χ3n) is 3.46. The molecule has 1 heterocycles. The van der Waals surface area contributed by atoms with Crippen molar-refractivity contribution in [2.24, 2.45) is 0 Å². The predicted octanol–water partition coefficient (Wildman–Crippen LogP) is 1.92. The maximum absolute atomic E-state index is 12.1. The Bertz CT molecular complexity index is 504. The molecule has 0 radical (unpaired) electrons. The van der Waals surface area contributed by atoms with Crippen molar-refractivity contribution in [2.45, 2.75) is 31.8 Å². The van der Waals surface area contributed by atoms with Crippen molar-refractivity contribution in [2.75, 3.05) is 13.1 Å². The average Bonchev–Trinajstić information content (AvgIpc) is 2.91. The van der Waals surface area contributed by atoms with Crippen LogP contribution >= 0.6 is 28.3 Å². The average molecular weight is 391 g/mol. The number of amides is 2. The fourth-order valence-electron chi connectivity index (χ4n) is 2.44. The molecule has 5 nitrogen and oxygen atoms in total. The molecule has 1 aromatic rings. The minimum absolute atomic E-state index is 0. The van der Waals surface area contributed by atoms with Gasteiger partial charge in [-0.15, -0.1) is 12.4 Å². The van der Waals surface area contributed by atoms with E-state index in [0.29, 0.717) is 0 Å². The number of rotatable bonds is 5. The Morgan fingerprint density at radius 1 is 1.36 bits per heavy atom. The largest absolute Gasteiger partial charge is 0.352 e. The lowest BCUT2D eigenvalue weighted by atomic mass is 10.0. The van der Waals surface area contributed by atoms with Gasteiger partial charge in [0, 0.05) is 24.0 Å². The van der Waals surface area contributed by atoms with Gasteiger partial charge in [0.25, 0.3) is 0 Å². The van der Waals surface area contributed by atoms with Gasteiger partial charge in [-0.3, -0.25) is 9.59 Å². The zero-order valence-corrected chi connectivity index (χ0v) is 14.8. The van der Waals surface area contributed by atoms with Crippen molar-refractivity contribution in [1.82, 2.24) is 16.0 Å². The van der Waals surface area contributed by atoms with Crippen LogP contribution in [0.2, 0.25) is 0 Å². The molecular weight excluding hydrogens is 370 g/mol. The van der Waals surface area contributed by atoms with Gasteiger partial charge in [-0.1, -0.05) is 28.1 Å². The molecule has 2 amide bonds. The molecule has 2 atom stereocenters. The zero-order valence-electron chi connectivity index (χ0n) is 12.4. The lowest BCUT2D eigenvalue weighted by molar-refractivity contribution is -0.123. The van der Waals surface area contributed by atoms with E-state index < -0.39 is 0 Å². The summed E-state index contributed by atoms with van der Waals surface area (Å²) in [6, 6.07) is 7.53. The monoisotopic (exact) mass is 389 g/mol. The molecule has 1 aliphatic heterocycles. The van der Waals surface area contributed by atoms with Crippen LogP contribution < -0.4 is 16.0 Å². The molecule has 2 rings (SSSR count). The van der Waals surface area contributed by atoms with Crippen LogP contribution in [0.3, 0.4) is 0 Å². The van der Waals surface area contributed by atoms with Gasteiger partial charge >= 0.3 is 0 Å². The topological polar surface area (TPSA) is 70.2 Å². The van der Waals surface area contributed by atoms with Crippen LogP contribution in [0.4, 0.5) is 0 Å². The molecule has 7 heteroatoms. The summed E-state index contributed by atoms with van der Waals surface area (Å²) in [6.45, 7) is 3.21. The Hall–Kier alpha value is -1.11. The first-order chi connectivity index (χ1) is 10.0. The van der Waals surface area contributed by atoms with Crippen molar-refractivity contribution in [3.8, 4) is 0 Å². The van der Waals surface area contributed by atoms with E-state index in [4.69, 9.17) is 0 Å². The summed E-state index contributed by atoms with van der Waals surface area (Å²) in [7, 11) is 0. The van der Waals surface area contributed by atoms with Gasteiger partial charge in [-0.2, -0.15) is 0 Å². The van der Waals surface area contributed by atoms with Gasteiger partial charge in [0.15, 0.2) is 0 Å². The maximum atomic E-state index is 12.1. The molecule has 22 heavy (non-hydrogen) atoms. The Morgan fingerprint density at radius 2 is 2.05 bits per heavy atom. The molecule has 0 spiro atoms. The second-order valence-electron chi connectivity index (χ2n) is 5.27. The van der Waals surface area contributed by atoms with Gasteiger partial charge in [0.2, 0.25) is 11.8 Å². The Kier molecular flexibility index (Phi) is 7.85. The fraction of sp³-hybridized carbons (Fsp3) is 0.467. The quantitative estimate of drug-likeness (QED) is 0.719. The maximum Gasteiger partial charge on any atom is 0.222 e. The molecule has 1 aromatic carbocycles. The molecule has 2 unspecified atom stereocenters. The first-order valence-electron chi connectivity index (χ1n) is 7.07.